The van der Waals surface area contributed by atoms with Gasteiger partial charge in [0, 0.05) is 18.8 Å². The molecule has 0 saturated carbocycles. The fourth-order valence-electron chi connectivity index (χ4n) is 3.53. The summed E-state index contributed by atoms with van der Waals surface area (Å²) in [6.45, 7) is 6.03. The molecule has 1 aliphatic heterocycles. The van der Waals surface area contributed by atoms with E-state index in [2.05, 4.69) is 23.5 Å². The second kappa shape index (κ2) is 9.93. The van der Waals surface area contributed by atoms with E-state index in [1.807, 2.05) is 30.3 Å². The predicted molar refractivity (Wildman–Crippen MR) is 120 cm³/mol. The molecule has 0 bridgehead atoms. The summed E-state index contributed by atoms with van der Waals surface area (Å²) in [5.41, 5.74) is 2.47. The summed E-state index contributed by atoms with van der Waals surface area (Å²) in [5, 5.41) is 2.62. The first kappa shape index (κ1) is 22.1. The molecule has 0 spiro atoms. The number of amides is 2. The molecule has 31 heavy (non-hydrogen) atoms. The second-order valence-electron chi connectivity index (χ2n) is 7.03. The van der Waals surface area contributed by atoms with Crippen molar-refractivity contribution in [1.29, 1.82) is 0 Å². The summed E-state index contributed by atoms with van der Waals surface area (Å²) in [7, 11) is 1.29. The molecule has 7 nitrogen and oxygen atoms in total. The minimum atomic E-state index is -0.447. The molecule has 2 amide bonds. The molecule has 0 radical (unpaired) electrons. The maximum Gasteiger partial charge on any atom is 0.307 e. The van der Waals surface area contributed by atoms with Gasteiger partial charge in [0.15, 0.2) is 0 Å². The molecule has 1 fully saturated rings. The number of hydrazine groups is 1. The molecule has 0 aliphatic carbocycles. The van der Waals surface area contributed by atoms with Gasteiger partial charge in [0.25, 0.3) is 11.8 Å². The van der Waals surface area contributed by atoms with Crippen LogP contribution in [-0.4, -0.2) is 49.5 Å². The fourth-order valence-corrected chi connectivity index (χ4v) is 3.53. The third-order valence-corrected chi connectivity index (χ3v) is 5.22. The van der Waals surface area contributed by atoms with Crippen molar-refractivity contribution in [2.45, 2.75) is 20.3 Å². The number of benzene rings is 2. The van der Waals surface area contributed by atoms with Gasteiger partial charge in [-0.25, -0.2) is 10.0 Å². The average molecular weight is 421 g/mol. The van der Waals surface area contributed by atoms with Crippen LogP contribution >= 0.6 is 0 Å². The lowest BCUT2D eigenvalue weighted by molar-refractivity contribution is -0.141. The van der Waals surface area contributed by atoms with Gasteiger partial charge in [-0.3, -0.25) is 14.4 Å². The lowest BCUT2D eigenvalue weighted by atomic mass is 10.1. The summed E-state index contributed by atoms with van der Waals surface area (Å²) in [6.07, 6.45) is 1.59. The van der Waals surface area contributed by atoms with Gasteiger partial charge in [0.1, 0.15) is 5.57 Å². The maximum absolute atomic E-state index is 13.2. The van der Waals surface area contributed by atoms with Crippen molar-refractivity contribution in [1.82, 2.24) is 5.01 Å². The van der Waals surface area contributed by atoms with E-state index < -0.39 is 17.8 Å². The van der Waals surface area contributed by atoms with Gasteiger partial charge in [-0.2, -0.15) is 0 Å². The fraction of sp³-hybridized carbons (Fsp3) is 0.292. The van der Waals surface area contributed by atoms with Crippen molar-refractivity contribution < 1.29 is 19.1 Å². The molecule has 0 N–H and O–H groups in total. The van der Waals surface area contributed by atoms with Crippen LogP contribution in [0.25, 0.3) is 6.08 Å². The number of hydrogen-bond donors (Lipinski definition) is 0. The van der Waals surface area contributed by atoms with Gasteiger partial charge in [-0.1, -0.05) is 30.3 Å². The van der Waals surface area contributed by atoms with E-state index in [1.54, 1.807) is 30.3 Å². The molecular weight excluding hydrogens is 394 g/mol. The van der Waals surface area contributed by atoms with E-state index in [0.717, 1.165) is 24.3 Å². The van der Waals surface area contributed by atoms with E-state index in [4.69, 9.17) is 0 Å². The minimum absolute atomic E-state index is 0.00923. The Kier molecular flexibility index (Phi) is 7.07. The highest BCUT2D eigenvalue weighted by Crippen LogP contribution is 2.28. The Morgan fingerprint density at radius 3 is 2.19 bits per heavy atom. The number of carbonyl (C=O) groups is 3. The van der Waals surface area contributed by atoms with Crippen molar-refractivity contribution in [2.24, 2.45) is 0 Å². The van der Waals surface area contributed by atoms with Gasteiger partial charge in [-0.05, 0) is 49.8 Å². The number of ether oxygens (including phenoxy) is 1. The van der Waals surface area contributed by atoms with E-state index in [0.29, 0.717) is 5.69 Å². The lowest BCUT2D eigenvalue weighted by Crippen LogP contribution is -2.42. The first-order valence-corrected chi connectivity index (χ1v) is 10.3. The molecule has 162 valence electrons. The quantitative estimate of drug-likeness (QED) is 0.372. The highest BCUT2D eigenvalue weighted by molar-refractivity contribution is 6.31. The van der Waals surface area contributed by atoms with Crippen LogP contribution in [0.3, 0.4) is 0 Å². The highest BCUT2D eigenvalue weighted by atomic mass is 16.5. The largest absolute Gasteiger partial charge is 0.469 e. The summed E-state index contributed by atoms with van der Waals surface area (Å²) < 4.78 is 4.69. The zero-order valence-electron chi connectivity index (χ0n) is 18.1. The van der Waals surface area contributed by atoms with Gasteiger partial charge < -0.3 is 9.64 Å². The Morgan fingerprint density at radius 1 is 0.968 bits per heavy atom. The minimum Gasteiger partial charge on any atom is -0.469 e. The SMILES string of the molecule is CCN(CC)c1ccc(C=C2C(=O)N(CCC(=O)OC)N(c3ccccc3)C2=O)cc1. The summed E-state index contributed by atoms with van der Waals surface area (Å²) >= 11 is 0. The number of nitrogens with zero attached hydrogens (tertiary/aromatic N) is 3. The van der Waals surface area contributed by atoms with Gasteiger partial charge in [-0.15, -0.1) is 0 Å². The summed E-state index contributed by atoms with van der Waals surface area (Å²) in [5.74, 6) is -1.31. The van der Waals surface area contributed by atoms with Crippen LogP contribution in [-0.2, 0) is 19.1 Å². The molecule has 2 aromatic rings. The molecule has 2 aromatic carbocycles. The maximum atomic E-state index is 13.2. The summed E-state index contributed by atoms with van der Waals surface area (Å²) in [4.78, 5) is 40.1. The van der Waals surface area contributed by atoms with Crippen molar-refractivity contribution in [3.63, 3.8) is 0 Å². The number of esters is 1. The molecule has 0 unspecified atom stereocenters. The molecule has 0 atom stereocenters. The molecular formula is C24H27N3O4. The smallest absolute Gasteiger partial charge is 0.307 e. The van der Waals surface area contributed by atoms with Crippen molar-refractivity contribution in [2.75, 3.05) is 36.7 Å². The van der Waals surface area contributed by atoms with E-state index in [-0.39, 0.29) is 18.5 Å². The topological polar surface area (TPSA) is 70.2 Å². The van der Waals surface area contributed by atoms with Crippen LogP contribution in [0.2, 0.25) is 0 Å². The Balaban J connectivity index is 1.92. The van der Waals surface area contributed by atoms with Crippen LogP contribution in [0.1, 0.15) is 25.8 Å². The standard InChI is InChI=1S/C24H27N3O4/c1-4-25(5-2)19-13-11-18(12-14-19)17-21-23(29)26(16-15-22(28)31-3)27(24(21)30)20-9-7-6-8-10-20/h6-14,17H,4-5,15-16H2,1-3H3. The highest BCUT2D eigenvalue weighted by Gasteiger charge is 2.41. The van der Waals surface area contributed by atoms with Crippen LogP contribution in [0.15, 0.2) is 60.2 Å². The molecule has 1 saturated heterocycles. The zero-order chi connectivity index (χ0) is 22.4. The van der Waals surface area contributed by atoms with E-state index in [1.165, 1.54) is 17.1 Å². The lowest BCUT2D eigenvalue weighted by Gasteiger charge is -2.26. The Morgan fingerprint density at radius 2 is 1.61 bits per heavy atom. The summed E-state index contributed by atoms with van der Waals surface area (Å²) in [6, 6.07) is 16.7. The predicted octanol–water partition coefficient (Wildman–Crippen LogP) is 3.27. The number of carbonyl (C=O) groups excluding carboxylic acids is 3. The van der Waals surface area contributed by atoms with Crippen molar-refractivity contribution in [3.05, 3.63) is 65.7 Å². The first-order valence-electron chi connectivity index (χ1n) is 10.3. The number of anilines is 2. The number of para-hydroxylation sites is 1. The molecule has 0 aromatic heterocycles. The molecule has 1 aliphatic rings. The third kappa shape index (κ3) is 4.77. The van der Waals surface area contributed by atoms with Crippen molar-refractivity contribution >= 4 is 35.2 Å². The molecule has 1 heterocycles. The number of rotatable bonds is 8. The van der Waals surface area contributed by atoms with Crippen LogP contribution in [0, 0.1) is 0 Å². The van der Waals surface area contributed by atoms with Crippen molar-refractivity contribution in [3.8, 4) is 0 Å². The van der Waals surface area contributed by atoms with Gasteiger partial charge in [0.2, 0.25) is 0 Å². The Labute approximate surface area is 182 Å². The van der Waals surface area contributed by atoms with Crippen LogP contribution in [0.5, 0.6) is 0 Å². The molecule has 7 heteroatoms. The van der Waals surface area contributed by atoms with Crippen LogP contribution in [0.4, 0.5) is 11.4 Å². The average Bonchev–Trinajstić information content (AvgIpc) is 3.04. The monoisotopic (exact) mass is 421 g/mol. The number of hydrogen-bond acceptors (Lipinski definition) is 5. The van der Waals surface area contributed by atoms with E-state index in [9.17, 15) is 14.4 Å². The van der Waals surface area contributed by atoms with Gasteiger partial charge in [0.05, 0.1) is 25.8 Å². The first-order chi connectivity index (χ1) is 15.0. The number of methoxy groups -OCH3 is 1. The Bertz CT molecular complexity index is 966. The normalized spacial score (nSPS) is 15.0. The Hall–Kier alpha value is -3.61. The van der Waals surface area contributed by atoms with E-state index >= 15 is 0 Å². The zero-order valence-corrected chi connectivity index (χ0v) is 18.1. The third-order valence-electron chi connectivity index (χ3n) is 5.22. The second-order valence-corrected chi connectivity index (χ2v) is 7.03. The van der Waals surface area contributed by atoms with Gasteiger partial charge >= 0.3 is 5.97 Å². The molecule has 3 rings (SSSR count). The van der Waals surface area contributed by atoms with Crippen LogP contribution < -0.4 is 9.91 Å².